The van der Waals surface area contributed by atoms with Gasteiger partial charge >= 0.3 is 6.18 Å². The van der Waals surface area contributed by atoms with E-state index in [1.54, 1.807) is 0 Å². The van der Waals surface area contributed by atoms with Crippen LogP contribution in [0.4, 0.5) is 13.2 Å². The molecular formula is C13H13BrClF3O. The van der Waals surface area contributed by atoms with Gasteiger partial charge in [-0.05, 0) is 31.0 Å². The highest BCUT2D eigenvalue weighted by molar-refractivity contribution is 9.09. The zero-order chi connectivity index (χ0) is 14.5. The van der Waals surface area contributed by atoms with Crippen LogP contribution >= 0.6 is 27.5 Å². The molecule has 0 aliphatic heterocycles. The van der Waals surface area contributed by atoms with Crippen LogP contribution in [0.2, 0.25) is 5.02 Å². The molecule has 1 aromatic rings. The van der Waals surface area contributed by atoms with Gasteiger partial charge in [0.2, 0.25) is 0 Å². The van der Waals surface area contributed by atoms with E-state index in [1.165, 1.54) is 6.07 Å². The maximum atomic E-state index is 12.8. The number of Topliss-reactive ketones (excluding diaryl/α,β-unsaturated/α-hetero) is 1. The Morgan fingerprint density at radius 3 is 2.47 bits per heavy atom. The molecule has 19 heavy (non-hydrogen) atoms. The number of carbonyl (C=O) groups is 1. The number of benzene rings is 1. The summed E-state index contributed by atoms with van der Waals surface area (Å²) in [6.07, 6.45) is -2.14. The van der Waals surface area contributed by atoms with Gasteiger partial charge in [0.05, 0.1) is 5.56 Å². The predicted molar refractivity (Wildman–Crippen MR) is 73.0 cm³/mol. The molecule has 0 bridgehead atoms. The molecule has 1 aromatic carbocycles. The Morgan fingerprint density at radius 2 is 1.89 bits per heavy atom. The number of rotatable bonds is 6. The average molecular weight is 358 g/mol. The van der Waals surface area contributed by atoms with Crippen LogP contribution in [-0.4, -0.2) is 11.1 Å². The Bertz CT molecular complexity index is 446. The van der Waals surface area contributed by atoms with E-state index in [9.17, 15) is 18.0 Å². The van der Waals surface area contributed by atoms with Gasteiger partial charge in [-0.3, -0.25) is 4.79 Å². The summed E-state index contributed by atoms with van der Waals surface area (Å²) in [5.74, 6) is -0.487. The fourth-order valence-corrected chi connectivity index (χ4v) is 2.25. The fourth-order valence-electron chi connectivity index (χ4n) is 1.69. The van der Waals surface area contributed by atoms with Crippen LogP contribution < -0.4 is 0 Å². The van der Waals surface area contributed by atoms with Gasteiger partial charge in [0, 0.05) is 22.3 Å². The molecule has 0 radical (unpaired) electrons. The highest BCUT2D eigenvalue weighted by Crippen LogP contribution is 2.34. The van der Waals surface area contributed by atoms with E-state index in [-0.39, 0.29) is 17.0 Å². The van der Waals surface area contributed by atoms with Gasteiger partial charge in [-0.2, -0.15) is 13.2 Å². The number of hydrogen-bond donors (Lipinski definition) is 0. The summed E-state index contributed by atoms with van der Waals surface area (Å²) >= 11 is 8.82. The molecule has 0 spiro atoms. The van der Waals surface area contributed by atoms with Crippen molar-refractivity contribution in [3.8, 4) is 0 Å². The lowest BCUT2D eigenvalue weighted by Crippen LogP contribution is -2.13. The van der Waals surface area contributed by atoms with E-state index in [4.69, 9.17) is 11.6 Å². The highest BCUT2D eigenvalue weighted by atomic mass is 79.9. The first-order valence-electron chi connectivity index (χ1n) is 5.82. The number of unbranched alkanes of at least 4 members (excludes halogenated alkanes) is 2. The Kier molecular flexibility index (Phi) is 6.33. The van der Waals surface area contributed by atoms with Crippen molar-refractivity contribution in [1.82, 2.24) is 0 Å². The van der Waals surface area contributed by atoms with E-state index < -0.39 is 17.5 Å². The lowest BCUT2D eigenvalue weighted by atomic mass is 9.99. The van der Waals surface area contributed by atoms with Crippen molar-refractivity contribution in [2.75, 3.05) is 5.33 Å². The molecule has 0 amide bonds. The molecule has 1 rings (SSSR count). The fraction of sp³-hybridized carbons (Fsp3) is 0.462. The second-order valence-corrected chi connectivity index (χ2v) is 5.34. The summed E-state index contributed by atoms with van der Waals surface area (Å²) in [4.78, 5) is 11.8. The molecule has 0 N–H and O–H groups in total. The van der Waals surface area contributed by atoms with Gasteiger partial charge < -0.3 is 0 Å². The minimum atomic E-state index is -4.56. The molecule has 0 saturated heterocycles. The van der Waals surface area contributed by atoms with E-state index in [0.717, 1.165) is 30.3 Å². The average Bonchev–Trinajstić information content (AvgIpc) is 2.33. The topological polar surface area (TPSA) is 17.1 Å². The van der Waals surface area contributed by atoms with Crippen LogP contribution in [0.5, 0.6) is 0 Å². The maximum Gasteiger partial charge on any atom is 0.417 e. The second kappa shape index (κ2) is 7.29. The molecule has 1 nitrogen and oxygen atoms in total. The van der Waals surface area contributed by atoms with Gasteiger partial charge in [0.25, 0.3) is 0 Å². The third-order valence-electron chi connectivity index (χ3n) is 2.62. The minimum absolute atomic E-state index is 0.0248. The number of halogens is 5. The van der Waals surface area contributed by atoms with Crippen molar-refractivity contribution < 1.29 is 18.0 Å². The summed E-state index contributed by atoms with van der Waals surface area (Å²) in [6, 6.07) is 3.26. The van der Waals surface area contributed by atoms with Crippen molar-refractivity contribution in [2.45, 2.75) is 31.9 Å². The van der Waals surface area contributed by atoms with Crippen molar-refractivity contribution in [1.29, 1.82) is 0 Å². The molecule has 0 saturated carbocycles. The van der Waals surface area contributed by atoms with Crippen LogP contribution in [0.15, 0.2) is 18.2 Å². The first-order chi connectivity index (χ1) is 8.86. The van der Waals surface area contributed by atoms with Gasteiger partial charge in [0.15, 0.2) is 5.78 Å². The number of hydrogen-bond acceptors (Lipinski definition) is 1. The molecule has 0 aliphatic carbocycles. The molecule has 0 atom stereocenters. The van der Waals surface area contributed by atoms with Crippen molar-refractivity contribution in [3.05, 3.63) is 34.3 Å². The van der Waals surface area contributed by atoms with E-state index in [1.807, 2.05) is 0 Å². The number of alkyl halides is 4. The Hall–Kier alpha value is -0.550. The maximum absolute atomic E-state index is 12.8. The third kappa shape index (κ3) is 5.15. The number of ketones is 1. The molecule has 0 aliphatic rings. The Balaban J connectivity index is 2.85. The molecule has 106 valence electrons. The summed E-state index contributed by atoms with van der Waals surface area (Å²) in [5.41, 5.74) is -1.25. The zero-order valence-electron chi connectivity index (χ0n) is 10.1. The minimum Gasteiger partial charge on any atom is -0.294 e. The SMILES string of the molecule is O=C(CCCCCBr)c1ccc(Cl)cc1C(F)(F)F. The van der Waals surface area contributed by atoms with E-state index >= 15 is 0 Å². The first-order valence-corrected chi connectivity index (χ1v) is 7.32. The largest absolute Gasteiger partial charge is 0.417 e. The van der Waals surface area contributed by atoms with E-state index in [2.05, 4.69) is 15.9 Å². The van der Waals surface area contributed by atoms with Gasteiger partial charge in [-0.15, -0.1) is 0 Å². The predicted octanol–water partition coefficient (Wildman–Crippen LogP) is 5.50. The first kappa shape index (κ1) is 16.5. The second-order valence-electron chi connectivity index (χ2n) is 4.11. The molecule has 6 heteroatoms. The monoisotopic (exact) mass is 356 g/mol. The normalized spacial score (nSPS) is 11.6. The lowest BCUT2D eigenvalue weighted by Gasteiger charge is -2.12. The Morgan fingerprint density at radius 1 is 1.21 bits per heavy atom. The molecule has 0 heterocycles. The molecule has 0 fully saturated rings. The summed E-state index contributed by atoms with van der Waals surface area (Å²) in [5, 5.41) is 0.804. The van der Waals surface area contributed by atoms with Crippen molar-refractivity contribution in [3.63, 3.8) is 0 Å². The summed E-state index contributed by atoms with van der Waals surface area (Å²) < 4.78 is 38.4. The standard InChI is InChI=1S/C13H13BrClF3O/c14-7-3-1-2-4-12(19)10-6-5-9(15)8-11(10)13(16,17)18/h5-6,8H,1-4,7H2. The van der Waals surface area contributed by atoms with Gasteiger partial charge in [-0.25, -0.2) is 0 Å². The van der Waals surface area contributed by atoms with Crippen molar-refractivity contribution in [2.24, 2.45) is 0 Å². The van der Waals surface area contributed by atoms with Crippen LogP contribution in [0, 0.1) is 0 Å². The van der Waals surface area contributed by atoms with Crippen LogP contribution in [0.3, 0.4) is 0 Å². The molecule has 0 aromatic heterocycles. The summed E-state index contributed by atoms with van der Waals surface area (Å²) in [6.45, 7) is 0. The highest BCUT2D eigenvalue weighted by Gasteiger charge is 2.35. The zero-order valence-corrected chi connectivity index (χ0v) is 12.4. The van der Waals surface area contributed by atoms with Crippen LogP contribution in [0.25, 0.3) is 0 Å². The number of carbonyl (C=O) groups excluding carboxylic acids is 1. The smallest absolute Gasteiger partial charge is 0.294 e. The quantitative estimate of drug-likeness (QED) is 0.373. The van der Waals surface area contributed by atoms with Crippen LogP contribution in [0.1, 0.15) is 41.6 Å². The van der Waals surface area contributed by atoms with Gasteiger partial charge in [-0.1, -0.05) is 34.0 Å². The lowest BCUT2D eigenvalue weighted by molar-refractivity contribution is -0.137. The molecular weight excluding hydrogens is 344 g/mol. The van der Waals surface area contributed by atoms with Gasteiger partial charge in [0.1, 0.15) is 0 Å². The Labute approximate surface area is 123 Å². The molecule has 0 unspecified atom stereocenters. The van der Waals surface area contributed by atoms with E-state index in [0.29, 0.717) is 6.42 Å². The third-order valence-corrected chi connectivity index (χ3v) is 3.42. The van der Waals surface area contributed by atoms with Crippen LogP contribution in [-0.2, 0) is 6.18 Å². The van der Waals surface area contributed by atoms with Crippen molar-refractivity contribution >= 4 is 33.3 Å². The summed E-state index contributed by atoms with van der Waals surface area (Å²) in [7, 11) is 0.